The molecule has 15 heavy (non-hydrogen) atoms. The molecule has 1 aromatic rings. The van der Waals surface area contributed by atoms with Gasteiger partial charge >= 0.3 is 0 Å². The molecule has 0 aromatic heterocycles. The standard InChI is InChI=1S/C12H16N2O/c1-3-9-14(2)12(15)11(13)10-7-5-4-6-8-10/h3-8,11H,1,9,13H2,2H3/t11-/m0/s1. The van der Waals surface area contributed by atoms with E-state index >= 15 is 0 Å². The Morgan fingerprint density at radius 3 is 2.67 bits per heavy atom. The third-order valence-corrected chi connectivity index (χ3v) is 2.20. The summed E-state index contributed by atoms with van der Waals surface area (Å²) in [4.78, 5) is 13.3. The van der Waals surface area contributed by atoms with E-state index in [-0.39, 0.29) is 5.91 Å². The van der Waals surface area contributed by atoms with E-state index in [1.165, 1.54) is 0 Å². The third kappa shape index (κ3) is 2.92. The number of hydrogen-bond acceptors (Lipinski definition) is 2. The van der Waals surface area contributed by atoms with Crippen molar-refractivity contribution < 1.29 is 4.79 Å². The molecule has 0 radical (unpaired) electrons. The van der Waals surface area contributed by atoms with Crippen molar-refractivity contribution >= 4 is 5.91 Å². The predicted octanol–water partition coefficient (Wildman–Crippen LogP) is 1.33. The van der Waals surface area contributed by atoms with Crippen LogP contribution in [0.2, 0.25) is 0 Å². The van der Waals surface area contributed by atoms with Crippen LogP contribution in [0.15, 0.2) is 43.0 Å². The van der Waals surface area contributed by atoms with Crippen LogP contribution in [0.3, 0.4) is 0 Å². The topological polar surface area (TPSA) is 46.3 Å². The fraction of sp³-hybridized carbons (Fsp3) is 0.250. The highest BCUT2D eigenvalue weighted by Crippen LogP contribution is 2.11. The zero-order valence-electron chi connectivity index (χ0n) is 8.89. The molecular weight excluding hydrogens is 188 g/mol. The van der Waals surface area contributed by atoms with Crippen LogP contribution in [0.5, 0.6) is 0 Å². The summed E-state index contributed by atoms with van der Waals surface area (Å²) in [5.74, 6) is -0.0962. The zero-order valence-corrected chi connectivity index (χ0v) is 8.89. The van der Waals surface area contributed by atoms with Gasteiger partial charge in [-0.25, -0.2) is 0 Å². The van der Waals surface area contributed by atoms with Crippen LogP contribution < -0.4 is 5.73 Å². The number of amides is 1. The Morgan fingerprint density at radius 2 is 2.13 bits per heavy atom. The van der Waals surface area contributed by atoms with Gasteiger partial charge in [-0.15, -0.1) is 6.58 Å². The van der Waals surface area contributed by atoms with Crippen LogP contribution in [0.1, 0.15) is 11.6 Å². The molecule has 1 rings (SSSR count). The average Bonchev–Trinajstić information content (AvgIpc) is 2.28. The van der Waals surface area contributed by atoms with Gasteiger partial charge in [0.2, 0.25) is 5.91 Å². The van der Waals surface area contributed by atoms with E-state index in [1.54, 1.807) is 18.0 Å². The number of carbonyl (C=O) groups excluding carboxylic acids is 1. The van der Waals surface area contributed by atoms with Gasteiger partial charge in [-0.05, 0) is 5.56 Å². The minimum atomic E-state index is -0.587. The monoisotopic (exact) mass is 204 g/mol. The quantitative estimate of drug-likeness (QED) is 0.752. The highest BCUT2D eigenvalue weighted by Gasteiger charge is 2.18. The molecule has 0 aliphatic rings. The maximum atomic E-state index is 11.8. The molecular formula is C12H16N2O. The minimum Gasteiger partial charge on any atom is -0.340 e. The van der Waals surface area contributed by atoms with E-state index < -0.39 is 6.04 Å². The molecule has 0 aliphatic heterocycles. The number of hydrogen-bond donors (Lipinski definition) is 1. The molecule has 1 amide bonds. The molecule has 1 atom stereocenters. The summed E-state index contributed by atoms with van der Waals surface area (Å²) >= 11 is 0. The number of nitrogens with two attached hydrogens (primary N) is 1. The number of likely N-dealkylation sites (N-methyl/N-ethyl adjacent to an activating group) is 1. The van der Waals surface area contributed by atoms with Crippen LogP contribution in [0.4, 0.5) is 0 Å². The van der Waals surface area contributed by atoms with Gasteiger partial charge in [0, 0.05) is 13.6 Å². The normalized spacial score (nSPS) is 11.9. The highest BCUT2D eigenvalue weighted by atomic mass is 16.2. The number of benzene rings is 1. The van der Waals surface area contributed by atoms with Crippen LogP contribution in [-0.4, -0.2) is 24.4 Å². The van der Waals surface area contributed by atoms with Crippen LogP contribution >= 0.6 is 0 Å². The third-order valence-electron chi connectivity index (χ3n) is 2.20. The van der Waals surface area contributed by atoms with Crippen molar-refractivity contribution in [2.24, 2.45) is 5.73 Å². The summed E-state index contributed by atoms with van der Waals surface area (Å²) in [5.41, 5.74) is 6.68. The zero-order chi connectivity index (χ0) is 11.3. The molecule has 0 aliphatic carbocycles. The Balaban J connectivity index is 2.72. The van der Waals surface area contributed by atoms with Gasteiger partial charge in [-0.3, -0.25) is 4.79 Å². The lowest BCUT2D eigenvalue weighted by Crippen LogP contribution is -2.35. The lowest BCUT2D eigenvalue weighted by Gasteiger charge is -2.19. The second kappa shape index (κ2) is 5.32. The van der Waals surface area contributed by atoms with Crippen molar-refractivity contribution in [2.45, 2.75) is 6.04 Å². The summed E-state index contributed by atoms with van der Waals surface area (Å²) in [5, 5.41) is 0. The molecule has 3 heteroatoms. The first-order chi connectivity index (χ1) is 7.16. The molecule has 0 unspecified atom stereocenters. The van der Waals surface area contributed by atoms with Crippen molar-refractivity contribution in [1.29, 1.82) is 0 Å². The lowest BCUT2D eigenvalue weighted by atomic mass is 10.1. The van der Waals surface area contributed by atoms with E-state index in [0.29, 0.717) is 6.54 Å². The molecule has 2 N–H and O–H groups in total. The summed E-state index contributed by atoms with van der Waals surface area (Å²) in [6.45, 7) is 4.09. The molecule has 0 saturated heterocycles. The summed E-state index contributed by atoms with van der Waals surface area (Å²) in [6, 6.07) is 8.76. The average molecular weight is 204 g/mol. The molecule has 0 saturated carbocycles. The smallest absolute Gasteiger partial charge is 0.244 e. The van der Waals surface area contributed by atoms with Gasteiger partial charge in [0.25, 0.3) is 0 Å². The van der Waals surface area contributed by atoms with Gasteiger partial charge < -0.3 is 10.6 Å². The van der Waals surface area contributed by atoms with E-state index in [0.717, 1.165) is 5.56 Å². The predicted molar refractivity (Wildman–Crippen MR) is 61.2 cm³/mol. The van der Waals surface area contributed by atoms with Gasteiger partial charge in [0.15, 0.2) is 0 Å². The second-order valence-corrected chi connectivity index (χ2v) is 3.40. The highest BCUT2D eigenvalue weighted by molar-refractivity contribution is 5.82. The fourth-order valence-electron chi connectivity index (χ4n) is 1.32. The van der Waals surface area contributed by atoms with Gasteiger partial charge in [0.05, 0.1) is 0 Å². The molecule has 0 fully saturated rings. The Hall–Kier alpha value is -1.61. The maximum absolute atomic E-state index is 11.8. The molecule has 0 spiro atoms. The van der Waals surface area contributed by atoms with Crippen molar-refractivity contribution in [1.82, 2.24) is 4.90 Å². The number of nitrogens with zero attached hydrogens (tertiary/aromatic N) is 1. The van der Waals surface area contributed by atoms with E-state index in [9.17, 15) is 4.79 Å². The SMILES string of the molecule is C=CCN(C)C(=O)[C@@H](N)c1ccccc1. The van der Waals surface area contributed by atoms with Gasteiger partial charge in [0.1, 0.15) is 6.04 Å². The Labute approximate surface area is 90.2 Å². The first-order valence-electron chi connectivity index (χ1n) is 4.83. The van der Waals surface area contributed by atoms with Crippen molar-refractivity contribution in [2.75, 3.05) is 13.6 Å². The minimum absolute atomic E-state index is 0.0962. The molecule has 0 bridgehead atoms. The summed E-state index contributed by atoms with van der Waals surface area (Å²) in [6.07, 6.45) is 1.68. The van der Waals surface area contributed by atoms with Crippen LogP contribution in [-0.2, 0) is 4.79 Å². The van der Waals surface area contributed by atoms with Crippen molar-refractivity contribution in [3.8, 4) is 0 Å². The molecule has 80 valence electrons. The number of carbonyl (C=O) groups is 1. The second-order valence-electron chi connectivity index (χ2n) is 3.40. The van der Waals surface area contributed by atoms with Crippen LogP contribution in [0, 0.1) is 0 Å². The first-order valence-corrected chi connectivity index (χ1v) is 4.83. The summed E-state index contributed by atoms with van der Waals surface area (Å²) < 4.78 is 0. The van der Waals surface area contributed by atoms with E-state index in [4.69, 9.17) is 5.73 Å². The molecule has 1 aromatic carbocycles. The maximum Gasteiger partial charge on any atom is 0.244 e. The number of rotatable bonds is 4. The Bertz CT molecular complexity index is 335. The molecule has 3 nitrogen and oxygen atoms in total. The largest absolute Gasteiger partial charge is 0.340 e. The van der Waals surface area contributed by atoms with Gasteiger partial charge in [-0.1, -0.05) is 36.4 Å². The lowest BCUT2D eigenvalue weighted by molar-refractivity contribution is -0.130. The van der Waals surface area contributed by atoms with Crippen molar-refractivity contribution in [3.63, 3.8) is 0 Å². The summed E-state index contributed by atoms with van der Waals surface area (Å²) in [7, 11) is 1.72. The van der Waals surface area contributed by atoms with Crippen molar-refractivity contribution in [3.05, 3.63) is 48.6 Å². The first kappa shape index (κ1) is 11.5. The van der Waals surface area contributed by atoms with E-state index in [1.807, 2.05) is 30.3 Å². The van der Waals surface area contributed by atoms with Crippen LogP contribution in [0.25, 0.3) is 0 Å². The van der Waals surface area contributed by atoms with Gasteiger partial charge in [-0.2, -0.15) is 0 Å². The Morgan fingerprint density at radius 1 is 1.53 bits per heavy atom. The fourth-order valence-corrected chi connectivity index (χ4v) is 1.32. The Kier molecular flexibility index (Phi) is 4.06. The molecule has 0 heterocycles. The van der Waals surface area contributed by atoms with E-state index in [2.05, 4.69) is 6.58 Å².